The van der Waals surface area contributed by atoms with Crippen molar-refractivity contribution in [2.75, 3.05) is 7.11 Å². The van der Waals surface area contributed by atoms with Gasteiger partial charge in [0.25, 0.3) is 19.7 Å². The summed E-state index contributed by atoms with van der Waals surface area (Å²) < 4.78 is 126. The summed E-state index contributed by atoms with van der Waals surface area (Å²) in [5.74, 6) is 0.177. The third-order valence-corrected chi connectivity index (χ3v) is 8.91. The molecule has 0 heterocycles. The summed E-state index contributed by atoms with van der Waals surface area (Å²) >= 11 is 0. The first-order chi connectivity index (χ1) is 11.6. The van der Waals surface area contributed by atoms with E-state index in [1.54, 1.807) is 0 Å². The van der Waals surface area contributed by atoms with Gasteiger partial charge in [-0.25, -0.2) is 16.8 Å². The fourth-order valence-corrected chi connectivity index (χ4v) is 6.56. The molecule has 146 valence electrons. The number of sulfone groups is 2. The van der Waals surface area contributed by atoms with Gasteiger partial charge in [-0.05, 0) is 23.3 Å². The maximum atomic E-state index is 13.0. The smallest absolute Gasteiger partial charge is 0.497 e. The van der Waals surface area contributed by atoms with Crippen LogP contribution in [0.5, 0.6) is 5.75 Å². The van der Waals surface area contributed by atoms with Crippen LogP contribution in [-0.2, 0) is 19.7 Å². The lowest BCUT2D eigenvalue weighted by atomic mass is 9.90. The Morgan fingerprint density at radius 1 is 0.885 bits per heavy atom. The minimum Gasteiger partial charge on any atom is -0.497 e. The van der Waals surface area contributed by atoms with Gasteiger partial charge in [0.15, 0.2) is 0 Å². The second-order valence-electron chi connectivity index (χ2n) is 5.20. The van der Waals surface area contributed by atoms with Gasteiger partial charge >= 0.3 is 11.0 Å². The van der Waals surface area contributed by atoms with Crippen LogP contribution in [0.4, 0.5) is 26.3 Å². The zero-order chi connectivity index (χ0) is 20.2. The Bertz CT molecular complexity index is 896. The van der Waals surface area contributed by atoms with E-state index < -0.39 is 52.3 Å². The molecule has 1 aromatic rings. The minimum absolute atomic E-state index is 0.177. The fourth-order valence-electron chi connectivity index (χ4n) is 2.51. The van der Waals surface area contributed by atoms with Crippen LogP contribution >= 0.6 is 0 Å². The first-order valence-electron chi connectivity index (χ1n) is 6.60. The Labute approximate surface area is 144 Å². The molecule has 0 bridgehead atoms. The number of alkyl halides is 6. The van der Waals surface area contributed by atoms with Crippen molar-refractivity contribution in [3.05, 3.63) is 35.9 Å². The monoisotopic (exact) mass is 424 g/mol. The van der Waals surface area contributed by atoms with E-state index in [1.165, 1.54) is 7.11 Å². The van der Waals surface area contributed by atoms with Crippen LogP contribution in [0.3, 0.4) is 0 Å². The topological polar surface area (TPSA) is 77.5 Å². The Kier molecular flexibility index (Phi) is 4.64. The highest BCUT2D eigenvalue weighted by Gasteiger charge is 2.76. The summed E-state index contributed by atoms with van der Waals surface area (Å²) in [4.78, 5) is 0. The molecule has 5 nitrogen and oxygen atoms in total. The zero-order valence-electron chi connectivity index (χ0n) is 12.7. The normalized spacial score (nSPS) is 18.0. The summed E-state index contributed by atoms with van der Waals surface area (Å²) in [6, 6.07) is 4.21. The summed E-state index contributed by atoms with van der Waals surface area (Å²) in [6.07, 6.45) is -0.771. The Morgan fingerprint density at radius 3 is 1.58 bits per heavy atom. The lowest BCUT2D eigenvalue weighted by Crippen LogP contribution is -2.59. The van der Waals surface area contributed by atoms with Crippen molar-refractivity contribution >= 4 is 25.2 Å². The second kappa shape index (κ2) is 5.87. The molecule has 0 amide bonds. The molecule has 2 rings (SSSR count). The third kappa shape index (κ3) is 2.59. The van der Waals surface area contributed by atoms with Crippen LogP contribution in [-0.4, -0.2) is 39.0 Å². The lowest BCUT2D eigenvalue weighted by molar-refractivity contribution is -0.0484. The Hall–Kier alpha value is -1.76. The quantitative estimate of drug-likeness (QED) is 0.695. The highest BCUT2D eigenvalue weighted by Crippen LogP contribution is 2.57. The molecule has 0 unspecified atom stereocenters. The first kappa shape index (κ1) is 20.6. The molecule has 26 heavy (non-hydrogen) atoms. The summed E-state index contributed by atoms with van der Waals surface area (Å²) in [5.41, 5.74) is -13.9. The van der Waals surface area contributed by atoms with Crippen molar-refractivity contribution in [1.82, 2.24) is 0 Å². The maximum Gasteiger partial charge on any atom is 0.499 e. The van der Waals surface area contributed by atoms with Crippen LogP contribution in [0.2, 0.25) is 0 Å². The van der Waals surface area contributed by atoms with Crippen LogP contribution in [0, 0.1) is 0 Å². The van der Waals surface area contributed by atoms with Crippen molar-refractivity contribution < 1.29 is 47.9 Å². The van der Waals surface area contributed by atoms with Crippen molar-refractivity contribution in [1.29, 1.82) is 0 Å². The van der Waals surface area contributed by atoms with Gasteiger partial charge in [-0.15, -0.1) is 0 Å². The van der Waals surface area contributed by atoms with Crippen LogP contribution < -0.4 is 4.74 Å². The zero-order valence-corrected chi connectivity index (χ0v) is 14.4. The van der Waals surface area contributed by atoms with E-state index >= 15 is 0 Å². The molecule has 0 aromatic heterocycles. The number of halogens is 6. The summed E-state index contributed by atoms with van der Waals surface area (Å²) in [7, 11) is -12.3. The second-order valence-corrected chi connectivity index (χ2v) is 9.79. The number of hydrogen-bond acceptors (Lipinski definition) is 5. The highest BCUT2D eigenvalue weighted by atomic mass is 32.3. The molecule has 0 saturated carbocycles. The van der Waals surface area contributed by atoms with Gasteiger partial charge in [0.05, 0.1) is 7.11 Å². The fraction of sp³-hybridized carbons (Fsp3) is 0.385. The van der Waals surface area contributed by atoms with Gasteiger partial charge in [-0.1, -0.05) is 18.2 Å². The molecule has 0 saturated heterocycles. The average Bonchev–Trinajstić information content (AvgIpc) is 2.44. The number of rotatable bonds is 4. The largest absolute Gasteiger partial charge is 0.499 e. The van der Waals surface area contributed by atoms with Crippen molar-refractivity contribution in [2.24, 2.45) is 0 Å². The van der Waals surface area contributed by atoms with Gasteiger partial charge in [0.1, 0.15) is 5.75 Å². The van der Waals surface area contributed by atoms with Gasteiger partial charge in [-0.2, -0.15) is 26.3 Å². The van der Waals surface area contributed by atoms with Crippen molar-refractivity contribution in [3.8, 4) is 5.75 Å². The van der Waals surface area contributed by atoms with Crippen molar-refractivity contribution in [3.63, 3.8) is 0 Å². The van der Waals surface area contributed by atoms with E-state index in [-0.39, 0.29) is 5.75 Å². The minimum atomic E-state index is -6.76. The molecule has 0 N–H and O–H groups in total. The number of hydrogen-bond donors (Lipinski definition) is 0. The van der Waals surface area contributed by atoms with E-state index in [1.807, 2.05) is 0 Å². The number of ether oxygens (including phenoxy) is 1. The number of benzene rings is 1. The molecule has 0 atom stereocenters. The molecule has 0 fully saturated rings. The van der Waals surface area contributed by atoms with Crippen LogP contribution in [0.15, 0.2) is 30.3 Å². The molecule has 13 heteroatoms. The van der Waals surface area contributed by atoms with E-state index in [0.29, 0.717) is 6.08 Å². The standard InChI is InChI=1S/C13H10F6O5S2/c1-24-9-4-2-8(3-5-9)10-6-7-11(10,25(20,21)12(14,15)16)26(22,23)13(17,18)19/h2-6H,7H2,1H3. The first-order valence-corrected chi connectivity index (χ1v) is 9.57. The van der Waals surface area contributed by atoms with Gasteiger partial charge < -0.3 is 4.74 Å². The highest BCUT2D eigenvalue weighted by molar-refractivity contribution is 8.12. The van der Waals surface area contributed by atoms with Gasteiger partial charge in [0.2, 0.25) is 4.08 Å². The molecule has 1 aromatic carbocycles. The number of allylic oxidation sites excluding steroid dienone is 1. The molecule has 0 radical (unpaired) electrons. The molecular weight excluding hydrogens is 414 g/mol. The predicted molar refractivity (Wildman–Crippen MR) is 78.3 cm³/mol. The van der Waals surface area contributed by atoms with Crippen LogP contribution in [0.25, 0.3) is 5.57 Å². The summed E-state index contributed by atoms with van der Waals surface area (Å²) in [6.45, 7) is 0. The maximum absolute atomic E-state index is 13.0. The SMILES string of the molecule is COc1ccc(C2=CCC2(S(=O)(=O)C(F)(F)F)S(=O)(=O)C(F)(F)F)cc1. The molecule has 1 aliphatic rings. The lowest BCUT2D eigenvalue weighted by Gasteiger charge is -2.40. The van der Waals surface area contributed by atoms with E-state index in [2.05, 4.69) is 0 Å². The number of methoxy groups -OCH3 is 1. The van der Waals surface area contributed by atoms with Gasteiger partial charge in [-0.3, -0.25) is 0 Å². The Morgan fingerprint density at radius 2 is 1.31 bits per heavy atom. The van der Waals surface area contributed by atoms with E-state index in [9.17, 15) is 43.2 Å². The molecule has 0 spiro atoms. The van der Waals surface area contributed by atoms with Gasteiger partial charge in [0, 0.05) is 6.42 Å². The van der Waals surface area contributed by atoms with E-state index in [4.69, 9.17) is 4.74 Å². The summed E-state index contributed by atoms with van der Waals surface area (Å²) in [5, 5.41) is 0. The molecule has 1 aliphatic carbocycles. The van der Waals surface area contributed by atoms with Crippen molar-refractivity contribution in [2.45, 2.75) is 21.5 Å². The molecule has 0 aliphatic heterocycles. The third-order valence-electron chi connectivity index (χ3n) is 3.86. The Balaban J connectivity index is 2.79. The molecular formula is C13H10F6O5S2. The van der Waals surface area contributed by atoms with Crippen LogP contribution in [0.1, 0.15) is 12.0 Å². The average molecular weight is 424 g/mol. The predicted octanol–water partition coefficient (Wildman–Crippen LogP) is 3.05. The van der Waals surface area contributed by atoms with E-state index in [0.717, 1.165) is 24.3 Å².